The third-order valence-corrected chi connectivity index (χ3v) is 1.89. The van der Waals surface area contributed by atoms with Gasteiger partial charge in [-0.1, -0.05) is 0 Å². The van der Waals surface area contributed by atoms with E-state index in [9.17, 15) is 4.79 Å². The second-order valence-electron chi connectivity index (χ2n) is 2.76. The Morgan fingerprint density at radius 1 is 1.57 bits per heavy atom. The highest BCUT2D eigenvalue weighted by molar-refractivity contribution is 5.94. The molecule has 0 amide bonds. The molecule has 5 nitrogen and oxygen atoms in total. The summed E-state index contributed by atoms with van der Waals surface area (Å²) in [7, 11) is 1.42. The van der Waals surface area contributed by atoms with Crippen LogP contribution in [0.25, 0.3) is 11.1 Å². The lowest BCUT2D eigenvalue weighted by Gasteiger charge is -2.00. The summed E-state index contributed by atoms with van der Waals surface area (Å²) in [6.07, 6.45) is 0. The average molecular weight is 192 g/mol. The zero-order chi connectivity index (χ0) is 10.1. The normalized spacial score (nSPS) is 10.4. The largest absolute Gasteiger partial charge is 0.481 e. The van der Waals surface area contributed by atoms with Gasteiger partial charge in [-0.15, -0.1) is 0 Å². The number of methoxy groups -OCH3 is 1. The van der Waals surface area contributed by atoms with Gasteiger partial charge in [-0.25, -0.2) is 4.79 Å². The molecule has 0 saturated heterocycles. The molecule has 0 radical (unpaired) electrons. The number of aromatic nitrogens is 1. The maximum Gasteiger partial charge on any atom is 0.417 e. The van der Waals surface area contributed by atoms with Crippen molar-refractivity contribution >= 4 is 17.0 Å². The number of benzene rings is 1. The Balaban J connectivity index is 2.61. The second kappa shape index (κ2) is 3.02. The van der Waals surface area contributed by atoms with Crippen molar-refractivity contribution in [2.45, 2.75) is 0 Å². The van der Waals surface area contributed by atoms with Crippen molar-refractivity contribution in [1.29, 1.82) is 5.41 Å². The summed E-state index contributed by atoms with van der Waals surface area (Å²) in [6, 6.07) is 4.91. The van der Waals surface area contributed by atoms with Gasteiger partial charge >= 0.3 is 5.76 Å². The van der Waals surface area contributed by atoms with E-state index in [-0.39, 0.29) is 5.90 Å². The Hall–Kier alpha value is -2.04. The van der Waals surface area contributed by atoms with Gasteiger partial charge in [0.25, 0.3) is 0 Å². The summed E-state index contributed by atoms with van der Waals surface area (Å²) in [5, 5.41) is 7.42. The molecule has 0 aliphatic rings. The first-order valence-electron chi connectivity index (χ1n) is 3.96. The van der Waals surface area contributed by atoms with Crippen molar-refractivity contribution in [3.8, 4) is 0 Å². The fourth-order valence-corrected chi connectivity index (χ4v) is 1.21. The quantitative estimate of drug-likeness (QED) is 0.524. The number of rotatable bonds is 1. The summed E-state index contributed by atoms with van der Waals surface area (Å²) in [5.41, 5.74) is 1.63. The number of ether oxygens (including phenoxy) is 1. The van der Waals surface area contributed by atoms with E-state index in [0.29, 0.717) is 16.7 Å². The van der Waals surface area contributed by atoms with Gasteiger partial charge < -0.3 is 9.15 Å². The number of nitrogens with one attached hydrogen (secondary N) is 2. The Morgan fingerprint density at radius 3 is 3.07 bits per heavy atom. The van der Waals surface area contributed by atoms with Crippen LogP contribution in [0.1, 0.15) is 5.56 Å². The smallest absolute Gasteiger partial charge is 0.417 e. The highest BCUT2D eigenvalue weighted by Crippen LogP contribution is 2.12. The number of hydrogen-bond donors (Lipinski definition) is 2. The molecule has 0 aliphatic carbocycles. The van der Waals surface area contributed by atoms with E-state index >= 15 is 0 Å². The maximum absolute atomic E-state index is 10.8. The molecular weight excluding hydrogens is 184 g/mol. The van der Waals surface area contributed by atoms with E-state index in [2.05, 4.69) is 4.98 Å². The first-order chi connectivity index (χ1) is 6.70. The van der Waals surface area contributed by atoms with Crippen LogP contribution in [0.15, 0.2) is 27.4 Å². The topological polar surface area (TPSA) is 79.1 Å². The summed E-state index contributed by atoms with van der Waals surface area (Å²) in [5.74, 6) is -0.449. The highest BCUT2D eigenvalue weighted by atomic mass is 16.5. The number of hydrogen-bond acceptors (Lipinski definition) is 4. The molecule has 2 rings (SSSR count). The van der Waals surface area contributed by atoms with Crippen LogP contribution < -0.4 is 5.76 Å². The van der Waals surface area contributed by atoms with Crippen molar-refractivity contribution in [3.05, 3.63) is 34.3 Å². The van der Waals surface area contributed by atoms with Crippen LogP contribution in [0.4, 0.5) is 0 Å². The molecule has 5 heteroatoms. The lowest BCUT2D eigenvalue weighted by atomic mass is 10.2. The molecular formula is C9H8N2O3. The third kappa shape index (κ3) is 1.28. The predicted octanol–water partition coefficient (Wildman–Crippen LogP) is 1.09. The van der Waals surface area contributed by atoms with Gasteiger partial charge in [-0.05, 0) is 18.2 Å². The Bertz CT molecular complexity index is 538. The zero-order valence-electron chi connectivity index (χ0n) is 7.46. The third-order valence-electron chi connectivity index (χ3n) is 1.89. The van der Waals surface area contributed by atoms with Crippen LogP contribution in [0, 0.1) is 5.41 Å². The SMILES string of the molecule is COC(=N)c1ccc2oc(=O)[nH]c2c1. The monoisotopic (exact) mass is 192 g/mol. The van der Waals surface area contributed by atoms with Crippen molar-refractivity contribution < 1.29 is 9.15 Å². The average Bonchev–Trinajstić information content (AvgIpc) is 2.55. The van der Waals surface area contributed by atoms with Crippen LogP contribution in [-0.2, 0) is 4.74 Å². The minimum atomic E-state index is -0.499. The molecule has 1 heterocycles. The summed E-state index contributed by atoms with van der Waals surface area (Å²) in [6.45, 7) is 0. The summed E-state index contributed by atoms with van der Waals surface area (Å²) >= 11 is 0. The molecule has 0 saturated carbocycles. The van der Waals surface area contributed by atoms with Crippen molar-refractivity contribution in [2.75, 3.05) is 7.11 Å². The van der Waals surface area contributed by atoms with E-state index in [1.807, 2.05) is 0 Å². The maximum atomic E-state index is 10.8. The first kappa shape index (κ1) is 8.55. The van der Waals surface area contributed by atoms with E-state index in [1.54, 1.807) is 18.2 Å². The fourth-order valence-electron chi connectivity index (χ4n) is 1.21. The van der Waals surface area contributed by atoms with Gasteiger partial charge in [0.15, 0.2) is 5.58 Å². The Morgan fingerprint density at radius 2 is 2.36 bits per heavy atom. The molecule has 0 unspecified atom stereocenters. The van der Waals surface area contributed by atoms with Gasteiger partial charge in [0, 0.05) is 5.56 Å². The van der Waals surface area contributed by atoms with E-state index < -0.39 is 5.76 Å². The van der Waals surface area contributed by atoms with Crippen LogP contribution in [0.5, 0.6) is 0 Å². The number of fused-ring (bicyclic) bond motifs is 1. The van der Waals surface area contributed by atoms with Crippen LogP contribution in [0.3, 0.4) is 0 Å². The second-order valence-corrected chi connectivity index (χ2v) is 2.76. The lowest BCUT2D eigenvalue weighted by Crippen LogP contribution is -2.00. The summed E-state index contributed by atoms with van der Waals surface area (Å²) in [4.78, 5) is 13.3. The molecule has 2 N–H and O–H groups in total. The van der Waals surface area contributed by atoms with E-state index in [0.717, 1.165) is 0 Å². The molecule has 1 aromatic carbocycles. The molecule has 0 bridgehead atoms. The number of H-pyrrole nitrogens is 1. The van der Waals surface area contributed by atoms with Gasteiger partial charge in [0.05, 0.1) is 12.6 Å². The van der Waals surface area contributed by atoms with Crippen LogP contribution in [0.2, 0.25) is 0 Å². The van der Waals surface area contributed by atoms with E-state index in [1.165, 1.54) is 7.11 Å². The van der Waals surface area contributed by atoms with Crippen molar-refractivity contribution in [3.63, 3.8) is 0 Å². The van der Waals surface area contributed by atoms with Crippen molar-refractivity contribution in [1.82, 2.24) is 4.98 Å². The summed E-state index contributed by atoms with van der Waals surface area (Å²) < 4.78 is 9.57. The predicted molar refractivity (Wildman–Crippen MR) is 50.7 cm³/mol. The molecule has 0 fully saturated rings. The lowest BCUT2D eigenvalue weighted by molar-refractivity contribution is 0.401. The van der Waals surface area contributed by atoms with Gasteiger partial charge in [-0.3, -0.25) is 10.4 Å². The number of aromatic amines is 1. The molecule has 0 atom stereocenters. The van der Waals surface area contributed by atoms with Gasteiger partial charge in [0.1, 0.15) is 0 Å². The van der Waals surface area contributed by atoms with Gasteiger partial charge in [-0.2, -0.15) is 0 Å². The Labute approximate surface area is 78.8 Å². The molecule has 0 spiro atoms. The molecule has 14 heavy (non-hydrogen) atoms. The Kier molecular flexibility index (Phi) is 1.85. The minimum absolute atomic E-state index is 0.0500. The van der Waals surface area contributed by atoms with E-state index in [4.69, 9.17) is 14.6 Å². The standard InChI is InChI=1S/C9H8N2O3/c1-13-8(10)5-2-3-7-6(4-5)11-9(12)14-7/h2-4,10H,1H3,(H,11,12). The zero-order valence-corrected chi connectivity index (χ0v) is 7.46. The minimum Gasteiger partial charge on any atom is -0.481 e. The number of oxazole rings is 1. The molecule has 2 aromatic rings. The highest BCUT2D eigenvalue weighted by Gasteiger charge is 2.05. The molecule has 1 aromatic heterocycles. The molecule has 0 aliphatic heterocycles. The van der Waals surface area contributed by atoms with Gasteiger partial charge in [0.2, 0.25) is 5.90 Å². The molecule has 72 valence electrons. The fraction of sp³-hybridized carbons (Fsp3) is 0.111. The van der Waals surface area contributed by atoms with Crippen LogP contribution in [-0.4, -0.2) is 18.0 Å². The van der Waals surface area contributed by atoms with Crippen molar-refractivity contribution in [2.24, 2.45) is 0 Å². The first-order valence-corrected chi connectivity index (χ1v) is 3.96. The van der Waals surface area contributed by atoms with Crippen LogP contribution >= 0.6 is 0 Å².